The Bertz CT molecular complexity index is 936. The summed E-state index contributed by atoms with van der Waals surface area (Å²) in [7, 11) is 0. The van der Waals surface area contributed by atoms with Crippen LogP contribution in [-0.4, -0.2) is 6.03 Å². The van der Waals surface area contributed by atoms with Gasteiger partial charge in [0.15, 0.2) is 0 Å². The summed E-state index contributed by atoms with van der Waals surface area (Å²) in [6.45, 7) is 6.18. The predicted octanol–water partition coefficient (Wildman–Crippen LogP) is 4.58. The van der Waals surface area contributed by atoms with Crippen molar-refractivity contribution in [1.29, 1.82) is 5.26 Å². The molecule has 1 heterocycles. The summed E-state index contributed by atoms with van der Waals surface area (Å²) in [4.78, 5) is 12.1. The minimum absolute atomic E-state index is 0.284. The number of allylic oxidation sites excluding steroid dienone is 1. The quantitative estimate of drug-likeness (QED) is 0.816. The maximum absolute atomic E-state index is 13.0. The van der Waals surface area contributed by atoms with E-state index >= 15 is 0 Å². The topological polar surface area (TPSA) is 74.1 Å². The monoisotopic (exact) mass is 379 g/mol. The molecule has 1 atom stereocenters. The summed E-state index contributed by atoms with van der Waals surface area (Å²) < 4.78 is 18.7. The average Bonchev–Trinajstić information content (AvgIpc) is 2.66. The van der Waals surface area contributed by atoms with Crippen LogP contribution in [-0.2, 0) is 6.61 Å². The Morgan fingerprint density at radius 2 is 1.75 bits per heavy atom. The predicted molar refractivity (Wildman–Crippen MR) is 104 cm³/mol. The van der Waals surface area contributed by atoms with Gasteiger partial charge in [-0.1, -0.05) is 45.0 Å². The molecule has 3 rings (SSSR count). The van der Waals surface area contributed by atoms with Crippen molar-refractivity contribution >= 4 is 6.03 Å². The maximum atomic E-state index is 13.0. The molecule has 0 radical (unpaired) electrons. The largest absolute Gasteiger partial charge is 0.489 e. The van der Waals surface area contributed by atoms with E-state index in [1.807, 2.05) is 32.9 Å². The number of carbonyl (C=O) groups excluding carboxylic acids is 1. The zero-order chi connectivity index (χ0) is 20.3. The van der Waals surface area contributed by atoms with E-state index in [1.54, 1.807) is 24.3 Å². The molecule has 0 aliphatic carbocycles. The summed E-state index contributed by atoms with van der Waals surface area (Å²) in [5.41, 5.74) is 2.41. The smallest absolute Gasteiger partial charge is 0.319 e. The lowest BCUT2D eigenvalue weighted by molar-refractivity contribution is 0.235. The second-order valence-electron chi connectivity index (χ2n) is 7.67. The molecule has 0 saturated carbocycles. The van der Waals surface area contributed by atoms with Gasteiger partial charge in [-0.3, -0.25) is 0 Å². The van der Waals surface area contributed by atoms with E-state index in [1.165, 1.54) is 12.1 Å². The van der Waals surface area contributed by atoms with Gasteiger partial charge in [0.2, 0.25) is 0 Å². The first-order valence-electron chi connectivity index (χ1n) is 8.97. The lowest BCUT2D eigenvalue weighted by atomic mass is 9.84. The molecule has 2 amide bonds. The van der Waals surface area contributed by atoms with Gasteiger partial charge in [-0.05, 0) is 35.4 Å². The first-order chi connectivity index (χ1) is 13.3. The van der Waals surface area contributed by atoms with Crippen molar-refractivity contribution in [2.75, 3.05) is 0 Å². The highest BCUT2D eigenvalue weighted by Crippen LogP contribution is 2.34. The fraction of sp³-hybridized carbons (Fsp3) is 0.273. The zero-order valence-electron chi connectivity index (χ0n) is 16.0. The van der Waals surface area contributed by atoms with Crippen LogP contribution in [0.2, 0.25) is 0 Å². The van der Waals surface area contributed by atoms with Crippen LogP contribution in [0.1, 0.15) is 37.9 Å². The van der Waals surface area contributed by atoms with Gasteiger partial charge in [0.1, 0.15) is 18.2 Å². The van der Waals surface area contributed by atoms with Crippen molar-refractivity contribution in [1.82, 2.24) is 10.6 Å². The van der Waals surface area contributed by atoms with Gasteiger partial charge in [-0.25, -0.2) is 9.18 Å². The Morgan fingerprint density at radius 3 is 2.32 bits per heavy atom. The first kappa shape index (κ1) is 19.4. The normalized spacial score (nSPS) is 16.8. The molecule has 28 heavy (non-hydrogen) atoms. The van der Waals surface area contributed by atoms with Crippen molar-refractivity contribution in [3.8, 4) is 11.8 Å². The third-order valence-corrected chi connectivity index (χ3v) is 4.47. The second kappa shape index (κ2) is 7.73. The van der Waals surface area contributed by atoms with Crippen molar-refractivity contribution < 1.29 is 13.9 Å². The number of amides is 2. The number of benzene rings is 2. The van der Waals surface area contributed by atoms with E-state index in [4.69, 9.17) is 4.74 Å². The summed E-state index contributed by atoms with van der Waals surface area (Å²) in [5, 5.41) is 15.3. The number of hydrogen-bond acceptors (Lipinski definition) is 3. The van der Waals surface area contributed by atoms with Crippen LogP contribution in [0.3, 0.4) is 0 Å². The molecule has 0 aromatic heterocycles. The van der Waals surface area contributed by atoms with Gasteiger partial charge < -0.3 is 15.4 Å². The molecule has 6 heteroatoms. The summed E-state index contributed by atoms with van der Waals surface area (Å²) in [5.74, 6) is 0.361. The third kappa shape index (κ3) is 4.32. The Labute approximate surface area is 163 Å². The molecule has 144 valence electrons. The Kier molecular flexibility index (Phi) is 5.36. The second-order valence-corrected chi connectivity index (χ2v) is 7.67. The van der Waals surface area contributed by atoms with E-state index in [-0.39, 0.29) is 17.3 Å². The molecule has 0 bridgehead atoms. The average molecular weight is 379 g/mol. The summed E-state index contributed by atoms with van der Waals surface area (Å²) in [6, 6.07) is 14.8. The van der Waals surface area contributed by atoms with E-state index in [2.05, 4.69) is 16.7 Å². The van der Waals surface area contributed by atoms with E-state index in [9.17, 15) is 14.4 Å². The fourth-order valence-electron chi connectivity index (χ4n) is 3.03. The van der Waals surface area contributed by atoms with Gasteiger partial charge in [-0.2, -0.15) is 5.26 Å². The molecular formula is C22H22FN3O2. The molecular weight excluding hydrogens is 357 g/mol. The molecule has 2 aromatic carbocycles. The number of hydrogen-bond donors (Lipinski definition) is 2. The van der Waals surface area contributed by atoms with Gasteiger partial charge >= 0.3 is 6.03 Å². The van der Waals surface area contributed by atoms with Gasteiger partial charge in [0.25, 0.3) is 0 Å². The van der Waals surface area contributed by atoms with E-state index in [0.717, 1.165) is 11.1 Å². The summed E-state index contributed by atoms with van der Waals surface area (Å²) >= 11 is 0. The van der Waals surface area contributed by atoms with Gasteiger partial charge in [0.05, 0.1) is 17.7 Å². The molecule has 0 unspecified atom stereocenters. The lowest BCUT2D eigenvalue weighted by Crippen LogP contribution is -2.46. The zero-order valence-corrected chi connectivity index (χ0v) is 16.0. The molecule has 0 spiro atoms. The number of halogens is 1. The fourth-order valence-corrected chi connectivity index (χ4v) is 3.03. The molecule has 5 nitrogen and oxygen atoms in total. The molecule has 2 aromatic rings. The lowest BCUT2D eigenvalue weighted by Gasteiger charge is -2.33. The van der Waals surface area contributed by atoms with Crippen LogP contribution in [0, 0.1) is 22.6 Å². The van der Waals surface area contributed by atoms with Crippen molar-refractivity contribution in [2.24, 2.45) is 5.41 Å². The molecule has 2 N–H and O–H groups in total. The van der Waals surface area contributed by atoms with Crippen LogP contribution in [0.5, 0.6) is 5.75 Å². The van der Waals surface area contributed by atoms with Crippen LogP contribution in [0.4, 0.5) is 9.18 Å². The van der Waals surface area contributed by atoms with Crippen LogP contribution in [0.25, 0.3) is 0 Å². The van der Waals surface area contributed by atoms with Crippen molar-refractivity contribution in [2.45, 2.75) is 33.4 Å². The maximum Gasteiger partial charge on any atom is 0.319 e. The van der Waals surface area contributed by atoms with Crippen LogP contribution in [0.15, 0.2) is 59.8 Å². The SMILES string of the molecule is CC(C)(C)C1=C(C#N)[C@H](c2ccc(OCc3ccc(F)cc3)cc2)NC(=O)N1. The first-order valence-corrected chi connectivity index (χ1v) is 8.97. The molecule has 0 fully saturated rings. The van der Waals surface area contributed by atoms with Gasteiger partial charge in [-0.15, -0.1) is 0 Å². The van der Waals surface area contributed by atoms with E-state index in [0.29, 0.717) is 23.6 Å². The number of ether oxygens (including phenoxy) is 1. The Hall–Kier alpha value is -3.33. The molecule has 1 aliphatic rings. The Balaban J connectivity index is 1.79. The highest BCUT2D eigenvalue weighted by molar-refractivity contribution is 5.80. The minimum Gasteiger partial charge on any atom is -0.489 e. The van der Waals surface area contributed by atoms with Crippen molar-refractivity contribution in [3.63, 3.8) is 0 Å². The number of nitriles is 1. The number of nitrogens with one attached hydrogen (secondary N) is 2. The number of rotatable bonds is 4. The number of carbonyl (C=O) groups is 1. The molecule has 1 aliphatic heterocycles. The molecule has 0 saturated heterocycles. The Morgan fingerprint density at radius 1 is 1.11 bits per heavy atom. The minimum atomic E-state index is -0.515. The van der Waals surface area contributed by atoms with Crippen molar-refractivity contribution in [3.05, 3.63) is 76.7 Å². The van der Waals surface area contributed by atoms with E-state index < -0.39 is 6.04 Å². The summed E-state index contributed by atoms with van der Waals surface area (Å²) in [6.07, 6.45) is 0. The van der Waals surface area contributed by atoms with Crippen LogP contribution < -0.4 is 15.4 Å². The number of urea groups is 1. The third-order valence-electron chi connectivity index (χ3n) is 4.47. The number of nitrogens with zero attached hydrogens (tertiary/aromatic N) is 1. The van der Waals surface area contributed by atoms with Gasteiger partial charge in [0, 0.05) is 11.1 Å². The standard InChI is InChI=1S/C22H22FN3O2/c1-22(2,3)20-18(12-24)19(25-21(27)26-20)15-6-10-17(11-7-15)28-13-14-4-8-16(23)9-5-14/h4-11,19H,13H2,1-3H3,(H2,25,26,27)/t19-/m0/s1. The van der Waals surface area contributed by atoms with Crippen LogP contribution >= 0.6 is 0 Å². The highest BCUT2D eigenvalue weighted by Gasteiger charge is 2.33. The highest BCUT2D eigenvalue weighted by atomic mass is 19.1.